The van der Waals surface area contributed by atoms with Gasteiger partial charge in [-0.2, -0.15) is 0 Å². The normalized spacial score (nSPS) is 13.4. The summed E-state index contributed by atoms with van der Waals surface area (Å²) < 4.78 is 27.4. The van der Waals surface area contributed by atoms with Crippen LogP contribution in [0, 0.1) is 6.92 Å². The van der Waals surface area contributed by atoms with Crippen molar-refractivity contribution in [3.05, 3.63) is 28.2 Å². The van der Waals surface area contributed by atoms with Gasteiger partial charge in [0.1, 0.15) is 0 Å². The summed E-state index contributed by atoms with van der Waals surface area (Å²) in [6, 6.07) is 5.51. The Hall–Kier alpha value is -0.590. The van der Waals surface area contributed by atoms with Gasteiger partial charge in [0.2, 0.25) is 10.0 Å². The number of aryl methyl sites for hydroxylation is 1. The van der Waals surface area contributed by atoms with Crippen molar-refractivity contribution in [2.24, 2.45) is 0 Å². The molecule has 0 aliphatic carbocycles. The number of anilines is 1. The number of halogens is 1. The highest BCUT2D eigenvalue weighted by Crippen LogP contribution is 2.22. The molecule has 1 atom stereocenters. The predicted molar refractivity (Wildman–Crippen MR) is 74.8 cm³/mol. The highest BCUT2D eigenvalue weighted by Gasteiger charge is 2.20. The first-order valence-corrected chi connectivity index (χ1v) is 7.63. The van der Waals surface area contributed by atoms with Crippen LogP contribution in [0.2, 0.25) is 0 Å². The first-order valence-electron chi connectivity index (χ1n) is 5.29. The van der Waals surface area contributed by atoms with E-state index in [1.54, 1.807) is 20.0 Å². The molecule has 0 aliphatic heterocycles. The van der Waals surface area contributed by atoms with Crippen LogP contribution in [0.15, 0.2) is 22.7 Å². The largest absolute Gasteiger partial charge is 0.318 e. The monoisotopic (exact) mass is 320 g/mol. The van der Waals surface area contributed by atoms with Gasteiger partial charge in [-0.05, 0) is 38.6 Å². The number of hydrogen-bond acceptors (Lipinski definition) is 3. The Balaban J connectivity index is 2.94. The van der Waals surface area contributed by atoms with E-state index in [2.05, 4.69) is 26.0 Å². The molecule has 2 N–H and O–H groups in total. The highest BCUT2D eigenvalue weighted by atomic mass is 79.9. The van der Waals surface area contributed by atoms with E-state index in [4.69, 9.17) is 0 Å². The van der Waals surface area contributed by atoms with Crippen LogP contribution in [-0.4, -0.2) is 27.3 Å². The van der Waals surface area contributed by atoms with E-state index in [0.717, 1.165) is 10.0 Å². The molecule has 0 saturated heterocycles. The first-order chi connectivity index (χ1) is 7.86. The van der Waals surface area contributed by atoms with Crippen molar-refractivity contribution in [2.75, 3.05) is 18.3 Å². The molecule has 4 nitrogen and oxygen atoms in total. The first kappa shape index (κ1) is 14.5. The second-order valence-corrected chi connectivity index (χ2v) is 6.99. The number of sulfonamides is 1. The van der Waals surface area contributed by atoms with Crippen molar-refractivity contribution in [3.8, 4) is 0 Å². The van der Waals surface area contributed by atoms with Crippen LogP contribution in [0.1, 0.15) is 12.5 Å². The van der Waals surface area contributed by atoms with E-state index >= 15 is 0 Å². The van der Waals surface area contributed by atoms with Crippen molar-refractivity contribution in [1.82, 2.24) is 5.32 Å². The van der Waals surface area contributed by atoms with Crippen LogP contribution in [0.3, 0.4) is 0 Å². The van der Waals surface area contributed by atoms with Crippen molar-refractivity contribution >= 4 is 31.6 Å². The molecule has 1 aromatic carbocycles. The van der Waals surface area contributed by atoms with E-state index < -0.39 is 15.3 Å². The summed E-state index contributed by atoms with van der Waals surface area (Å²) in [5.41, 5.74) is 1.51. The third-order valence-electron chi connectivity index (χ3n) is 2.47. The average Bonchev–Trinajstić information content (AvgIpc) is 2.23. The maximum Gasteiger partial charge on any atom is 0.236 e. The Morgan fingerprint density at radius 2 is 2.06 bits per heavy atom. The number of nitrogens with one attached hydrogen (secondary N) is 2. The quantitative estimate of drug-likeness (QED) is 0.873. The lowest BCUT2D eigenvalue weighted by atomic mass is 10.2. The summed E-state index contributed by atoms with van der Waals surface area (Å²) >= 11 is 3.32. The third kappa shape index (κ3) is 3.97. The zero-order chi connectivity index (χ0) is 13.1. The summed E-state index contributed by atoms with van der Waals surface area (Å²) in [6.07, 6.45) is 0. The minimum Gasteiger partial charge on any atom is -0.318 e. The molecule has 1 unspecified atom stereocenters. The van der Waals surface area contributed by atoms with Gasteiger partial charge in [-0.1, -0.05) is 22.0 Å². The molecule has 0 heterocycles. The van der Waals surface area contributed by atoms with Gasteiger partial charge < -0.3 is 5.32 Å². The molecule has 0 fully saturated rings. The highest BCUT2D eigenvalue weighted by molar-refractivity contribution is 9.10. The summed E-state index contributed by atoms with van der Waals surface area (Å²) in [4.78, 5) is 0. The fourth-order valence-electron chi connectivity index (χ4n) is 1.36. The van der Waals surface area contributed by atoms with Gasteiger partial charge in [0.05, 0.1) is 10.9 Å². The van der Waals surface area contributed by atoms with Gasteiger partial charge in [0.15, 0.2) is 0 Å². The molecule has 0 bridgehead atoms. The fraction of sp³-hybridized carbons (Fsp3) is 0.455. The lowest BCUT2D eigenvalue weighted by Gasteiger charge is -2.16. The van der Waals surface area contributed by atoms with E-state index in [-0.39, 0.29) is 0 Å². The molecule has 17 heavy (non-hydrogen) atoms. The Labute approximate surface area is 111 Å². The SMILES string of the molecule is CNCC(C)S(=O)(=O)Nc1cc(Br)ccc1C. The minimum atomic E-state index is -3.35. The van der Waals surface area contributed by atoms with Crippen molar-refractivity contribution in [1.29, 1.82) is 0 Å². The Kier molecular flexibility index (Phi) is 4.97. The lowest BCUT2D eigenvalue weighted by Crippen LogP contribution is -2.33. The summed E-state index contributed by atoms with van der Waals surface area (Å²) in [5, 5.41) is 2.38. The van der Waals surface area contributed by atoms with Gasteiger partial charge in [-0.25, -0.2) is 8.42 Å². The van der Waals surface area contributed by atoms with Gasteiger partial charge in [-0.3, -0.25) is 4.72 Å². The number of benzene rings is 1. The molecular weight excluding hydrogens is 304 g/mol. The van der Waals surface area contributed by atoms with E-state index in [9.17, 15) is 8.42 Å². The molecule has 0 spiro atoms. The smallest absolute Gasteiger partial charge is 0.236 e. The summed E-state index contributed by atoms with van der Waals surface area (Å²) in [6.45, 7) is 3.96. The summed E-state index contributed by atoms with van der Waals surface area (Å²) in [5.74, 6) is 0. The van der Waals surface area contributed by atoms with E-state index in [1.165, 1.54) is 0 Å². The Morgan fingerprint density at radius 1 is 1.41 bits per heavy atom. The summed E-state index contributed by atoms with van der Waals surface area (Å²) in [7, 11) is -1.62. The van der Waals surface area contributed by atoms with Crippen LogP contribution in [0.25, 0.3) is 0 Å². The van der Waals surface area contributed by atoms with E-state index in [1.807, 2.05) is 19.1 Å². The van der Waals surface area contributed by atoms with E-state index in [0.29, 0.717) is 12.2 Å². The Morgan fingerprint density at radius 3 is 2.65 bits per heavy atom. The van der Waals surface area contributed by atoms with Crippen LogP contribution in [0.4, 0.5) is 5.69 Å². The lowest BCUT2D eigenvalue weighted by molar-refractivity contribution is 0.583. The van der Waals surface area contributed by atoms with Crippen LogP contribution in [-0.2, 0) is 10.0 Å². The zero-order valence-corrected chi connectivity index (χ0v) is 12.5. The second kappa shape index (κ2) is 5.84. The standard InChI is InChI=1S/C11H17BrN2O2S/c1-8-4-5-10(12)6-11(8)14-17(15,16)9(2)7-13-3/h4-6,9,13-14H,7H2,1-3H3. The second-order valence-electron chi connectivity index (χ2n) is 3.97. The van der Waals surface area contributed by atoms with Gasteiger partial charge in [0.25, 0.3) is 0 Å². The van der Waals surface area contributed by atoms with Crippen LogP contribution in [0.5, 0.6) is 0 Å². The minimum absolute atomic E-state index is 0.419. The van der Waals surface area contributed by atoms with Crippen molar-refractivity contribution in [2.45, 2.75) is 19.1 Å². The molecule has 1 rings (SSSR count). The molecule has 0 amide bonds. The number of rotatable bonds is 5. The van der Waals surface area contributed by atoms with Crippen LogP contribution < -0.4 is 10.0 Å². The molecular formula is C11H17BrN2O2S. The fourth-order valence-corrected chi connectivity index (χ4v) is 2.83. The molecule has 6 heteroatoms. The van der Waals surface area contributed by atoms with Gasteiger partial charge in [0, 0.05) is 11.0 Å². The van der Waals surface area contributed by atoms with Gasteiger partial charge >= 0.3 is 0 Å². The van der Waals surface area contributed by atoms with Gasteiger partial charge in [-0.15, -0.1) is 0 Å². The molecule has 0 aliphatic rings. The molecule has 0 aromatic heterocycles. The predicted octanol–water partition coefficient (Wildman–Crippen LogP) is 2.11. The molecule has 0 saturated carbocycles. The average molecular weight is 321 g/mol. The van der Waals surface area contributed by atoms with Crippen molar-refractivity contribution in [3.63, 3.8) is 0 Å². The van der Waals surface area contributed by atoms with Crippen LogP contribution >= 0.6 is 15.9 Å². The molecule has 0 radical (unpaired) electrons. The molecule has 1 aromatic rings. The Bertz CT molecular complexity index is 488. The topological polar surface area (TPSA) is 58.2 Å². The maximum absolute atomic E-state index is 12.0. The zero-order valence-electron chi connectivity index (χ0n) is 10.1. The molecule has 96 valence electrons. The third-order valence-corrected chi connectivity index (χ3v) is 4.70. The van der Waals surface area contributed by atoms with Crippen molar-refractivity contribution < 1.29 is 8.42 Å². The number of hydrogen-bond donors (Lipinski definition) is 2. The maximum atomic E-state index is 12.0.